The van der Waals surface area contributed by atoms with Crippen LogP contribution in [0.2, 0.25) is 0 Å². The van der Waals surface area contributed by atoms with E-state index in [9.17, 15) is 19.7 Å². The summed E-state index contributed by atoms with van der Waals surface area (Å²) in [5.41, 5.74) is 2.76. The third-order valence-electron chi connectivity index (χ3n) is 4.24. The Bertz CT molecular complexity index is 1090. The lowest BCUT2D eigenvalue weighted by atomic mass is 10.1. The number of hydrogen-bond donors (Lipinski definition) is 0. The predicted molar refractivity (Wildman–Crippen MR) is 93.4 cm³/mol. The van der Waals surface area contributed by atoms with Gasteiger partial charge in [0.15, 0.2) is 5.58 Å². The number of nitrogens with zero attached hydrogens (tertiary/aromatic N) is 2. The fourth-order valence-electron chi connectivity index (χ4n) is 2.68. The Hall–Kier alpha value is -3.42. The van der Waals surface area contributed by atoms with Gasteiger partial charge in [-0.05, 0) is 43.5 Å². The normalized spacial score (nSPS) is 10.9. The van der Waals surface area contributed by atoms with E-state index < -0.39 is 16.6 Å². The fourth-order valence-corrected chi connectivity index (χ4v) is 2.68. The number of ether oxygens (including phenoxy) is 1. The van der Waals surface area contributed by atoms with Crippen LogP contribution in [0.15, 0.2) is 39.5 Å². The number of aromatic nitrogens is 1. The molecule has 0 spiro atoms. The van der Waals surface area contributed by atoms with Crippen LogP contribution in [0, 0.1) is 30.9 Å². The number of hydrogen-bond acceptors (Lipinski definition) is 6. The number of carbonyl (C=O) groups excluding carboxylic acids is 1. The van der Waals surface area contributed by atoms with Crippen molar-refractivity contribution < 1.29 is 18.9 Å². The molecule has 0 bridgehead atoms. The maximum Gasteiger partial charge on any atom is 0.420 e. The molecule has 0 radical (unpaired) electrons. The standard InChI is InChI=1S/C18H16N2O6/c1-10-4-5-11(2)17(12(10)3)26-16(21)9-19-14-7-6-13(20(23)24)8-15(14)25-18(19)22/h4-8H,9H2,1-3H3. The Morgan fingerprint density at radius 1 is 1.19 bits per heavy atom. The predicted octanol–water partition coefficient (Wildman–Crippen LogP) is 3.03. The average Bonchev–Trinajstić information content (AvgIpc) is 2.90. The number of fused-ring (bicyclic) bond motifs is 1. The molecule has 3 rings (SSSR count). The van der Waals surface area contributed by atoms with E-state index in [2.05, 4.69) is 0 Å². The van der Waals surface area contributed by atoms with Crippen molar-refractivity contribution in [3.63, 3.8) is 0 Å². The van der Waals surface area contributed by atoms with E-state index in [1.165, 1.54) is 12.1 Å². The molecule has 26 heavy (non-hydrogen) atoms. The molecule has 2 aromatic carbocycles. The van der Waals surface area contributed by atoms with Gasteiger partial charge in [-0.1, -0.05) is 12.1 Å². The van der Waals surface area contributed by atoms with Crippen LogP contribution in [0.1, 0.15) is 16.7 Å². The van der Waals surface area contributed by atoms with E-state index in [1.807, 2.05) is 32.9 Å². The third kappa shape index (κ3) is 3.08. The van der Waals surface area contributed by atoms with Crippen LogP contribution in [-0.2, 0) is 11.3 Å². The van der Waals surface area contributed by atoms with E-state index in [-0.39, 0.29) is 23.3 Å². The van der Waals surface area contributed by atoms with Gasteiger partial charge < -0.3 is 9.15 Å². The summed E-state index contributed by atoms with van der Waals surface area (Å²) < 4.78 is 11.5. The quantitative estimate of drug-likeness (QED) is 0.308. The first-order valence-electron chi connectivity index (χ1n) is 7.83. The van der Waals surface area contributed by atoms with Crippen molar-refractivity contribution >= 4 is 22.8 Å². The molecule has 134 valence electrons. The smallest absolute Gasteiger partial charge is 0.420 e. The third-order valence-corrected chi connectivity index (χ3v) is 4.24. The molecule has 0 unspecified atom stereocenters. The van der Waals surface area contributed by atoms with Crippen LogP contribution in [-0.4, -0.2) is 15.5 Å². The Kier molecular flexibility index (Phi) is 4.33. The van der Waals surface area contributed by atoms with Gasteiger partial charge in [0.25, 0.3) is 5.69 Å². The molecule has 0 amide bonds. The molecule has 3 aromatic rings. The highest BCUT2D eigenvalue weighted by atomic mass is 16.6. The second kappa shape index (κ2) is 6.47. The monoisotopic (exact) mass is 356 g/mol. The average molecular weight is 356 g/mol. The van der Waals surface area contributed by atoms with Crippen molar-refractivity contribution in [3.8, 4) is 5.75 Å². The number of aryl methyl sites for hydroxylation is 2. The van der Waals surface area contributed by atoms with Gasteiger partial charge in [0.2, 0.25) is 0 Å². The Balaban J connectivity index is 1.91. The molecule has 0 aliphatic carbocycles. The van der Waals surface area contributed by atoms with Crippen molar-refractivity contribution in [3.05, 3.63) is 67.7 Å². The van der Waals surface area contributed by atoms with Crippen LogP contribution in [0.3, 0.4) is 0 Å². The Morgan fingerprint density at radius 3 is 2.58 bits per heavy atom. The first kappa shape index (κ1) is 17.4. The van der Waals surface area contributed by atoms with Gasteiger partial charge in [0.1, 0.15) is 12.3 Å². The Labute approximate surface area is 147 Å². The van der Waals surface area contributed by atoms with Gasteiger partial charge in [-0.15, -0.1) is 0 Å². The number of oxazole rings is 1. The van der Waals surface area contributed by atoms with Crippen LogP contribution in [0.5, 0.6) is 5.75 Å². The minimum Gasteiger partial charge on any atom is -0.425 e. The van der Waals surface area contributed by atoms with Gasteiger partial charge in [0, 0.05) is 6.07 Å². The molecule has 0 saturated heterocycles. The maximum atomic E-state index is 12.3. The van der Waals surface area contributed by atoms with Gasteiger partial charge in [-0.2, -0.15) is 0 Å². The summed E-state index contributed by atoms with van der Waals surface area (Å²) in [6.07, 6.45) is 0. The summed E-state index contributed by atoms with van der Waals surface area (Å²) in [5.74, 6) is -0.952. The minimum absolute atomic E-state index is 0.0416. The number of nitro benzene ring substituents is 1. The zero-order valence-corrected chi connectivity index (χ0v) is 14.4. The Morgan fingerprint density at radius 2 is 1.88 bits per heavy atom. The van der Waals surface area contributed by atoms with Gasteiger partial charge >= 0.3 is 11.7 Å². The molecule has 0 N–H and O–H groups in total. The lowest BCUT2D eigenvalue weighted by Crippen LogP contribution is -2.23. The summed E-state index contributed by atoms with van der Waals surface area (Å²) in [5, 5.41) is 10.8. The topological polar surface area (TPSA) is 105 Å². The summed E-state index contributed by atoms with van der Waals surface area (Å²) >= 11 is 0. The number of esters is 1. The number of carbonyl (C=O) groups is 1. The summed E-state index contributed by atoms with van der Waals surface area (Å²) in [6, 6.07) is 7.54. The molecule has 0 aliphatic rings. The first-order valence-corrected chi connectivity index (χ1v) is 7.83. The second-order valence-electron chi connectivity index (χ2n) is 5.99. The van der Waals surface area contributed by atoms with Gasteiger partial charge in [0.05, 0.1) is 16.5 Å². The molecular formula is C18H16N2O6. The van der Waals surface area contributed by atoms with Crippen molar-refractivity contribution in [2.24, 2.45) is 0 Å². The SMILES string of the molecule is Cc1ccc(C)c(OC(=O)Cn2c(=O)oc3cc([N+](=O)[O-])ccc32)c1C. The van der Waals surface area contributed by atoms with Crippen molar-refractivity contribution in [2.45, 2.75) is 27.3 Å². The zero-order chi connectivity index (χ0) is 19.0. The largest absolute Gasteiger partial charge is 0.425 e. The molecule has 0 aliphatic heterocycles. The highest BCUT2D eigenvalue weighted by Crippen LogP contribution is 2.26. The number of benzene rings is 2. The summed E-state index contributed by atoms with van der Waals surface area (Å²) in [4.78, 5) is 34.6. The van der Waals surface area contributed by atoms with E-state index in [4.69, 9.17) is 9.15 Å². The summed E-state index contributed by atoms with van der Waals surface area (Å²) in [7, 11) is 0. The van der Waals surface area contributed by atoms with Crippen molar-refractivity contribution in [2.75, 3.05) is 0 Å². The second-order valence-corrected chi connectivity index (χ2v) is 5.99. The van der Waals surface area contributed by atoms with E-state index in [1.54, 1.807) is 0 Å². The van der Waals surface area contributed by atoms with Crippen LogP contribution in [0.4, 0.5) is 5.69 Å². The van der Waals surface area contributed by atoms with Gasteiger partial charge in [-0.3, -0.25) is 14.7 Å². The maximum absolute atomic E-state index is 12.3. The number of non-ortho nitro benzene ring substituents is 1. The lowest BCUT2D eigenvalue weighted by molar-refractivity contribution is -0.384. The van der Waals surface area contributed by atoms with Crippen molar-refractivity contribution in [1.29, 1.82) is 0 Å². The molecule has 0 fully saturated rings. The van der Waals surface area contributed by atoms with E-state index in [0.717, 1.165) is 27.3 Å². The van der Waals surface area contributed by atoms with Crippen LogP contribution in [0.25, 0.3) is 11.1 Å². The minimum atomic E-state index is -0.782. The van der Waals surface area contributed by atoms with E-state index in [0.29, 0.717) is 5.75 Å². The molecule has 1 aromatic heterocycles. The van der Waals surface area contributed by atoms with Crippen LogP contribution >= 0.6 is 0 Å². The number of nitro groups is 1. The van der Waals surface area contributed by atoms with Gasteiger partial charge in [-0.25, -0.2) is 9.59 Å². The lowest BCUT2D eigenvalue weighted by Gasteiger charge is -2.12. The molecule has 1 heterocycles. The van der Waals surface area contributed by atoms with Crippen LogP contribution < -0.4 is 10.5 Å². The molecular weight excluding hydrogens is 340 g/mol. The molecule has 0 saturated carbocycles. The fraction of sp³-hybridized carbons (Fsp3) is 0.222. The van der Waals surface area contributed by atoms with Crippen molar-refractivity contribution in [1.82, 2.24) is 4.57 Å². The molecule has 8 nitrogen and oxygen atoms in total. The highest BCUT2D eigenvalue weighted by Gasteiger charge is 2.18. The summed E-state index contributed by atoms with van der Waals surface area (Å²) in [6.45, 7) is 5.22. The highest BCUT2D eigenvalue weighted by molar-refractivity contribution is 5.79. The molecule has 0 atom stereocenters. The number of rotatable bonds is 4. The zero-order valence-electron chi connectivity index (χ0n) is 14.4. The molecule has 8 heteroatoms. The van der Waals surface area contributed by atoms with E-state index >= 15 is 0 Å². The first-order chi connectivity index (χ1) is 12.3.